The molecule has 1 aromatic rings. The van der Waals surface area contributed by atoms with Gasteiger partial charge in [-0.05, 0) is 50.4 Å². The number of benzene rings is 1. The molecule has 1 atom stereocenters. The molecular formula is C21H30F3N3O. The van der Waals surface area contributed by atoms with Gasteiger partial charge in [0.15, 0.2) is 0 Å². The number of alkyl halides is 3. The molecule has 0 aliphatic carbocycles. The molecule has 3 aliphatic rings. The lowest BCUT2D eigenvalue weighted by molar-refractivity contribution is -0.137. The molecule has 3 heterocycles. The van der Waals surface area contributed by atoms with Crippen molar-refractivity contribution in [2.75, 3.05) is 57.4 Å². The van der Waals surface area contributed by atoms with Crippen molar-refractivity contribution >= 4 is 5.69 Å². The maximum atomic E-state index is 13.0. The highest BCUT2D eigenvalue weighted by atomic mass is 19.4. The van der Waals surface area contributed by atoms with Crippen LogP contribution in [0.4, 0.5) is 18.9 Å². The quantitative estimate of drug-likeness (QED) is 0.777. The highest BCUT2D eigenvalue weighted by Gasteiger charge is 2.33. The van der Waals surface area contributed by atoms with Crippen molar-refractivity contribution in [2.45, 2.75) is 43.9 Å². The SMILES string of the molecule is FC(F)(F)c1cccc(N2CCN([C@H]3CCCN(C4CCOCC4)C3)CC2)c1. The predicted octanol–water partition coefficient (Wildman–Crippen LogP) is 3.47. The Kier molecular flexibility index (Phi) is 6.13. The zero-order chi connectivity index (χ0) is 19.6. The molecule has 3 fully saturated rings. The number of nitrogens with zero attached hydrogens (tertiary/aromatic N) is 3. The molecule has 0 radical (unpaired) electrons. The zero-order valence-corrected chi connectivity index (χ0v) is 16.3. The van der Waals surface area contributed by atoms with Gasteiger partial charge >= 0.3 is 6.18 Å². The fraction of sp³-hybridized carbons (Fsp3) is 0.714. The van der Waals surface area contributed by atoms with E-state index in [-0.39, 0.29) is 0 Å². The second kappa shape index (κ2) is 8.59. The zero-order valence-electron chi connectivity index (χ0n) is 16.3. The summed E-state index contributed by atoms with van der Waals surface area (Å²) in [6.45, 7) is 7.47. The number of hydrogen-bond acceptors (Lipinski definition) is 4. The van der Waals surface area contributed by atoms with E-state index in [1.54, 1.807) is 6.07 Å². The molecular weight excluding hydrogens is 367 g/mol. The summed E-state index contributed by atoms with van der Waals surface area (Å²) in [5.41, 5.74) is 0.119. The van der Waals surface area contributed by atoms with Crippen molar-refractivity contribution in [2.24, 2.45) is 0 Å². The molecule has 0 unspecified atom stereocenters. The van der Waals surface area contributed by atoms with Gasteiger partial charge < -0.3 is 9.64 Å². The van der Waals surface area contributed by atoms with Gasteiger partial charge in [-0.15, -0.1) is 0 Å². The Hall–Kier alpha value is -1.31. The first-order valence-corrected chi connectivity index (χ1v) is 10.5. The molecule has 0 amide bonds. The van der Waals surface area contributed by atoms with Crippen molar-refractivity contribution in [1.29, 1.82) is 0 Å². The average molecular weight is 397 g/mol. The van der Waals surface area contributed by atoms with E-state index >= 15 is 0 Å². The monoisotopic (exact) mass is 397 g/mol. The molecule has 4 nitrogen and oxygen atoms in total. The van der Waals surface area contributed by atoms with Gasteiger partial charge in [-0.1, -0.05) is 6.07 Å². The molecule has 4 rings (SSSR count). The number of hydrogen-bond donors (Lipinski definition) is 0. The van der Waals surface area contributed by atoms with Gasteiger partial charge in [0, 0.05) is 63.7 Å². The number of halogens is 3. The molecule has 3 saturated heterocycles. The highest BCUT2D eigenvalue weighted by molar-refractivity contribution is 5.49. The van der Waals surface area contributed by atoms with Crippen LogP contribution in [0.3, 0.4) is 0 Å². The van der Waals surface area contributed by atoms with E-state index in [0.717, 1.165) is 64.8 Å². The first kappa shape index (κ1) is 20.0. The van der Waals surface area contributed by atoms with Gasteiger partial charge in [0.2, 0.25) is 0 Å². The van der Waals surface area contributed by atoms with Crippen LogP contribution in [-0.4, -0.2) is 74.4 Å². The van der Waals surface area contributed by atoms with Crippen molar-refractivity contribution in [3.63, 3.8) is 0 Å². The van der Waals surface area contributed by atoms with Crippen LogP contribution in [0, 0.1) is 0 Å². The minimum Gasteiger partial charge on any atom is -0.381 e. The molecule has 0 spiro atoms. The standard InChI is InChI=1S/C21H30F3N3O/c22-21(23,24)17-3-1-4-19(15-17)25-9-11-26(12-10-25)20-5-2-8-27(16-20)18-6-13-28-14-7-18/h1,3-4,15,18,20H,2,5-14,16H2/t20-/m0/s1. The molecule has 0 N–H and O–H groups in total. The lowest BCUT2D eigenvalue weighted by Gasteiger charge is -2.46. The average Bonchev–Trinajstić information content (AvgIpc) is 2.74. The van der Waals surface area contributed by atoms with Gasteiger partial charge in [-0.2, -0.15) is 13.2 Å². The van der Waals surface area contributed by atoms with Crippen LogP contribution in [0.25, 0.3) is 0 Å². The Morgan fingerprint density at radius 1 is 0.857 bits per heavy atom. The van der Waals surface area contributed by atoms with Crippen LogP contribution < -0.4 is 4.90 Å². The fourth-order valence-corrected chi connectivity index (χ4v) is 4.89. The number of rotatable bonds is 3. The number of piperazine rings is 1. The molecule has 1 aromatic carbocycles. The lowest BCUT2D eigenvalue weighted by Crippen LogP contribution is -2.56. The van der Waals surface area contributed by atoms with Crippen molar-refractivity contribution < 1.29 is 17.9 Å². The van der Waals surface area contributed by atoms with E-state index in [2.05, 4.69) is 14.7 Å². The first-order valence-electron chi connectivity index (χ1n) is 10.5. The lowest BCUT2D eigenvalue weighted by atomic mass is 9.98. The summed E-state index contributed by atoms with van der Waals surface area (Å²) < 4.78 is 44.5. The van der Waals surface area contributed by atoms with Crippen LogP contribution in [0.5, 0.6) is 0 Å². The van der Waals surface area contributed by atoms with E-state index in [4.69, 9.17) is 4.74 Å². The molecule has 28 heavy (non-hydrogen) atoms. The number of piperidine rings is 1. The second-order valence-electron chi connectivity index (χ2n) is 8.21. The minimum absolute atomic E-state index is 0.563. The van der Waals surface area contributed by atoms with E-state index in [1.807, 2.05) is 0 Å². The molecule has 3 aliphatic heterocycles. The van der Waals surface area contributed by atoms with Crippen molar-refractivity contribution in [3.8, 4) is 0 Å². The van der Waals surface area contributed by atoms with Crippen LogP contribution in [0.2, 0.25) is 0 Å². The Balaban J connectivity index is 1.32. The van der Waals surface area contributed by atoms with Crippen molar-refractivity contribution in [3.05, 3.63) is 29.8 Å². The normalized spacial score (nSPS) is 26.5. The summed E-state index contributed by atoms with van der Waals surface area (Å²) in [6.07, 6.45) is 0.443. The maximum absolute atomic E-state index is 13.0. The second-order valence-corrected chi connectivity index (χ2v) is 8.21. The van der Waals surface area contributed by atoms with Gasteiger partial charge in [0.25, 0.3) is 0 Å². The smallest absolute Gasteiger partial charge is 0.381 e. The maximum Gasteiger partial charge on any atom is 0.416 e. The largest absolute Gasteiger partial charge is 0.416 e. The molecule has 156 valence electrons. The highest BCUT2D eigenvalue weighted by Crippen LogP contribution is 2.32. The van der Waals surface area contributed by atoms with E-state index in [9.17, 15) is 13.2 Å². The van der Waals surface area contributed by atoms with Gasteiger partial charge in [-0.3, -0.25) is 9.80 Å². The molecule has 0 saturated carbocycles. The van der Waals surface area contributed by atoms with E-state index in [1.165, 1.54) is 31.5 Å². The van der Waals surface area contributed by atoms with Crippen LogP contribution in [0.1, 0.15) is 31.2 Å². The van der Waals surface area contributed by atoms with Crippen LogP contribution in [0.15, 0.2) is 24.3 Å². The molecule has 7 heteroatoms. The predicted molar refractivity (Wildman–Crippen MR) is 104 cm³/mol. The Labute approximate surface area is 165 Å². The first-order chi connectivity index (χ1) is 13.5. The van der Waals surface area contributed by atoms with Gasteiger partial charge in [-0.25, -0.2) is 0 Å². The van der Waals surface area contributed by atoms with Crippen LogP contribution >= 0.6 is 0 Å². The summed E-state index contributed by atoms with van der Waals surface area (Å²) >= 11 is 0. The van der Waals surface area contributed by atoms with Gasteiger partial charge in [0.1, 0.15) is 0 Å². The number of likely N-dealkylation sites (tertiary alicyclic amines) is 1. The van der Waals surface area contributed by atoms with E-state index < -0.39 is 11.7 Å². The van der Waals surface area contributed by atoms with E-state index in [0.29, 0.717) is 17.8 Å². The Bertz CT molecular complexity index is 640. The fourth-order valence-electron chi connectivity index (χ4n) is 4.89. The molecule has 0 aromatic heterocycles. The summed E-state index contributed by atoms with van der Waals surface area (Å²) in [5, 5.41) is 0. The topological polar surface area (TPSA) is 19.0 Å². The molecule has 0 bridgehead atoms. The van der Waals surface area contributed by atoms with Crippen LogP contribution in [-0.2, 0) is 10.9 Å². The third-order valence-electron chi connectivity index (χ3n) is 6.50. The summed E-state index contributed by atoms with van der Waals surface area (Å²) in [6, 6.07) is 6.95. The number of anilines is 1. The minimum atomic E-state index is -4.28. The number of ether oxygens (including phenoxy) is 1. The third kappa shape index (κ3) is 4.63. The summed E-state index contributed by atoms with van der Waals surface area (Å²) in [5.74, 6) is 0. The Morgan fingerprint density at radius 2 is 1.61 bits per heavy atom. The Morgan fingerprint density at radius 3 is 2.32 bits per heavy atom. The van der Waals surface area contributed by atoms with Gasteiger partial charge in [0.05, 0.1) is 5.56 Å². The van der Waals surface area contributed by atoms with Crippen molar-refractivity contribution in [1.82, 2.24) is 9.80 Å². The third-order valence-corrected chi connectivity index (χ3v) is 6.50. The summed E-state index contributed by atoms with van der Waals surface area (Å²) in [7, 11) is 0. The summed E-state index contributed by atoms with van der Waals surface area (Å²) in [4.78, 5) is 7.29.